The number of hydrogen-bond donors (Lipinski definition) is 2. The number of sulfonamides is 1. The number of amides is 1. The van der Waals surface area contributed by atoms with Crippen molar-refractivity contribution in [1.82, 2.24) is 9.79 Å². The molecule has 1 fully saturated rings. The predicted octanol–water partition coefficient (Wildman–Crippen LogP) is 1.24. The fourth-order valence-corrected chi connectivity index (χ4v) is 3.12. The van der Waals surface area contributed by atoms with Gasteiger partial charge in [-0.3, -0.25) is 4.79 Å². The van der Waals surface area contributed by atoms with Gasteiger partial charge in [0.1, 0.15) is 4.90 Å². The molecule has 0 spiro atoms. The Kier molecular flexibility index (Phi) is 4.10. The number of nitrogens with zero attached hydrogens (tertiary/aromatic N) is 1. The summed E-state index contributed by atoms with van der Waals surface area (Å²) in [5.41, 5.74) is 0.236. The molecule has 0 aliphatic carbocycles. The van der Waals surface area contributed by atoms with Crippen LogP contribution < -0.4 is 4.89 Å². The van der Waals surface area contributed by atoms with Crippen LogP contribution in [0.15, 0.2) is 23.1 Å². The Morgan fingerprint density at radius 1 is 1.32 bits per heavy atom. The van der Waals surface area contributed by atoms with E-state index in [1.54, 1.807) is 4.90 Å². The van der Waals surface area contributed by atoms with Gasteiger partial charge < -0.3 is 10.1 Å². The second-order valence-corrected chi connectivity index (χ2v) is 6.28. The molecule has 1 aliphatic rings. The van der Waals surface area contributed by atoms with Gasteiger partial charge in [-0.25, -0.2) is 8.42 Å². The number of rotatable bonds is 3. The number of carbonyl (C=O) groups is 1. The van der Waals surface area contributed by atoms with Crippen molar-refractivity contribution in [3.8, 4) is 0 Å². The van der Waals surface area contributed by atoms with Crippen LogP contribution in [0.1, 0.15) is 23.2 Å². The highest BCUT2D eigenvalue weighted by Gasteiger charge is 2.23. The molecule has 2 rings (SSSR count). The van der Waals surface area contributed by atoms with E-state index in [0.717, 1.165) is 12.8 Å². The van der Waals surface area contributed by atoms with Crippen molar-refractivity contribution in [1.29, 1.82) is 0 Å². The Balaban J connectivity index is 2.38. The molecule has 1 heterocycles. The fourth-order valence-electron chi connectivity index (χ4n) is 1.99. The summed E-state index contributed by atoms with van der Waals surface area (Å²) < 4.78 is 23.1. The van der Waals surface area contributed by atoms with E-state index in [0.29, 0.717) is 13.1 Å². The molecule has 104 valence electrons. The van der Waals surface area contributed by atoms with Crippen LogP contribution in [0.5, 0.6) is 0 Å². The third kappa shape index (κ3) is 2.89. The largest absolute Gasteiger partial charge is 0.339 e. The molecule has 0 saturated carbocycles. The Hall–Kier alpha value is -1.15. The van der Waals surface area contributed by atoms with E-state index < -0.39 is 10.0 Å². The first-order valence-corrected chi connectivity index (χ1v) is 7.56. The van der Waals surface area contributed by atoms with Crippen molar-refractivity contribution >= 4 is 27.5 Å². The smallest absolute Gasteiger partial charge is 0.263 e. The summed E-state index contributed by atoms with van der Waals surface area (Å²) in [6.07, 6.45) is 1.89. The first-order chi connectivity index (χ1) is 8.95. The monoisotopic (exact) mass is 304 g/mol. The number of likely N-dealkylation sites (tertiary alicyclic amines) is 1. The fraction of sp³-hybridized carbons (Fsp3) is 0.364. The molecule has 0 unspecified atom stereocenters. The normalized spacial score (nSPS) is 15.8. The highest BCUT2D eigenvalue weighted by molar-refractivity contribution is 7.89. The lowest BCUT2D eigenvalue weighted by atomic mass is 10.2. The van der Waals surface area contributed by atoms with Crippen LogP contribution >= 0.6 is 11.6 Å². The van der Waals surface area contributed by atoms with Crippen molar-refractivity contribution < 1.29 is 18.4 Å². The van der Waals surface area contributed by atoms with E-state index in [9.17, 15) is 13.2 Å². The first kappa shape index (κ1) is 14.3. The molecule has 1 amide bonds. The molecular formula is C11H13ClN2O4S. The van der Waals surface area contributed by atoms with Gasteiger partial charge in [0, 0.05) is 18.7 Å². The van der Waals surface area contributed by atoms with Gasteiger partial charge in [-0.2, -0.15) is 0 Å². The number of nitrogens with one attached hydrogen (secondary N) is 1. The minimum absolute atomic E-state index is 0.0560. The van der Waals surface area contributed by atoms with Crippen LogP contribution in [0.2, 0.25) is 5.02 Å². The Bertz CT molecular complexity index is 597. The predicted molar refractivity (Wildman–Crippen MR) is 68.7 cm³/mol. The molecule has 1 aromatic rings. The lowest BCUT2D eigenvalue weighted by Gasteiger charge is -2.16. The van der Waals surface area contributed by atoms with E-state index in [2.05, 4.69) is 0 Å². The molecule has 0 radical (unpaired) electrons. The second kappa shape index (κ2) is 5.46. The lowest BCUT2D eigenvalue weighted by molar-refractivity contribution is 0.0792. The zero-order chi connectivity index (χ0) is 14.0. The van der Waals surface area contributed by atoms with Crippen LogP contribution in [0.25, 0.3) is 0 Å². The molecule has 6 nitrogen and oxygen atoms in total. The van der Waals surface area contributed by atoms with Crippen LogP contribution in [-0.4, -0.2) is 37.5 Å². The van der Waals surface area contributed by atoms with Gasteiger partial charge in [0.2, 0.25) is 0 Å². The van der Waals surface area contributed by atoms with E-state index >= 15 is 0 Å². The third-order valence-corrected chi connectivity index (χ3v) is 4.58. The van der Waals surface area contributed by atoms with Crippen molar-refractivity contribution in [2.75, 3.05) is 13.1 Å². The van der Waals surface area contributed by atoms with Gasteiger partial charge in [0.25, 0.3) is 15.9 Å². The minimum Gasteiger partial charge on any atom is -0.339 e. The Morgan fingerprint density at radius 2 is 1.95 bits per heavy atom. The van der Waals surface area contributed by atoms with Crippen molar-refractivity contribution in [3.63, 3.8) is 0 Å². The first-order valence-electron chi connectivity index (χ1n) is 5.70. The molecule has 2 N–H and O–H groups in total. The maximum absolute atomic E-state index is 12.1. The zero-order valence-corrected chi connectivity index (χ0v) is 11.5. The minimum atomic E-state index is -4.11. The molecule has 0 atom stereocenters. The molecule has 0 aromatic heterocycles. The summed E-state index contributed by atoms with van der Waals surface area (Å²) in [4.78, 5) is 14.7. The van der Waals surface area contributed by atoms with Gasteiger partial charge in [0.15, 0.2) is 0 Å². The maximum atomic E-state index is 12.1. The summed E-state index contributed by atoms with van der Waals surface area (Å²) in [7, 11) is -4.11. The van der Waals surface area contributed by atoms with Gasteiger partial charge in [0.05, 0.1) is 5.02 Å². The molecule has 8 heteroatoms. The Labute approximate surface area is 116 Å². The number of halogens is 1. The van der Waals surface area contributed by atoms with Gasteiger partial charge in [-0.1, -0.05) is 16.5 Å². The standard InChI is InChI=1S/C11H13ClN2O4S/c12-9-4-3-8(7-10(9)19(17,18)13-16)11(15)14-5-1-2-6-14/h3-4,7,13,16H,1-2,5-6H2. The number of hydrogen-bond acceptors (Lipinski definition) is 4. The van der Waals surface area contributed by atoms with E-state index in [1.807, 2.05) is 0 Å². The van der Waals surface area contributed by atoms with Crippen molar-refractivity contribution in [2.24, 2.45) is 0 Å². The summed E-state index contributed by atoms with van der Waals surface area (Å²) in [6.45, 7) is 1.34. The van der Waals surface area contributed by atoms with E-state index in [4.69, 9.17) is 16.8 Å². The number of carbonyl (C=O) groups excluding carboxylic acids is 1. The summed E-state index contributed by atoms with van der Waals surface area (Å²) >= 11 is 5.77. The van der Waals surface area contributed by atoms with Gasteiger partial charge in [-0.05, 0) is 31.0 Å². The van der Waals surface area contributed by atoms with Crippen LogP contribution in [-0.2, 0) is 10.0 Å². The summed E-state index contributed by atoms with van der Waals surface area (Å²) in [5.74, 6) is -0.233. The average Bonchev–Trinajstić information content (AvgIpc) is 2.92. The van der Waals surface area contributed by atoms with Crippen LogP contribution in [0.4, 0.5) is 0 Å². The lowest BCUT2D eigenvalue weighted by Crippen LogP contribution is -2.28. The SMILES string of the molecule is O=C(c1ccc(Cl)c(S(=O)(=O)NO)c1)N1CCCC1. The van der Waals surface area contributed by atoms with Crippen LogP contribution in [0, 0.1) is 0 Å². The molecule has 1 aliphatic heterocycles. The van der Waals surface area contributed by atoms with Gasteiger partial charge in [-0.15, -0.1) is 0 Å². The van der Waals surface area contributed by atoms with E-state index in [1.165, 1.54) is 23.1 Å². The molecule has 0 bridgehead atoms. The number of benzene rings is 1. The maximum Gasteiger partial charge on any atom is 0.263 e. The highest BCUT2D eigenvalue weighted by atomic mass is 35.5. The average molecular weight is 305 g/mol. The molecule has 1 saturated heterocycles. The zero-order valence-electron chi connectivity index (χ0n) is 9.97. The van der Waals surface area contributed by atoms with E-state index in [-0.39, 0.29) is 21.4 Å². The van der Waals surface area contributed by atoms with Crippen LogP contribution in [0.3, 0.4) is 0 Å². The topological polar surface area (TPSA) is 86.7 Å². The molecule has 1 aromatic carbocycles. The van der Waals surface area contributed by atoms with Crippen molar-refractivity contribution in [2.45, 2.75) is 17.7 Å². The summed E-state index contributed by atoms with van der Waals surface area (Å²) in [6, 6.07) is 3.97. The van der Waals surface area contributed by atoms with Crippen molar-refractivity contribution in [3.05, 3.63) is 28.8 Å². The highest BCUT2D eigenvalue weighted by Crippen LogP contribution is 2.23. The summed E-state index contributed by atoms with van der Waals surface area (Å²) in [5, 5.41) is 8.56. The third-order valence-electron chi connectivity index (χ3n) is 2.98. The molecular weight excluding hydrogens is 292 g/mol. The quantitative estimate of drug-likeness (QED) is 0.823. The molecule has 19 heavy (non-hydrogen) atoms. The second-order valence-electron chi connectivity index (χ2n) is 4.24. The Morgan fingerprint density at radius 3 is 2.53 bits per heavy atom. The van der Waals surface area contributed by atoms with Gasteiger partial charge >= 0.3 is 0 Å².